The molecule has 0 aromatic heterocycles. The molecule has 0 aliphatic carbocycles. The Bertz CT molecular complexity index is 135. The smallest absolute Gasteiger partial charge is 0.427 e. The predicted octanol–water partition coefficient (Wildman–Crippen LogP) is 2.30. The Morgan fingerprint density at radius 2 is 1.73 bits per heavy atom. The monoisotopic (exact) mass is 178 g/mol. The van der Waals surface area contributed by atoms with Crippen LogP contribution in [0.4, 0.5) is 4.79 Å². The van der Waals surface area contributed by atoms with E-state index in [1.807, 2.05) is 0 Å². The third-order valence-electron chi connectivity index (χ3n) is 1.23. The molecule has 0 spiro atoms. The lowest BCUT2D eigenvalue weighted by molar-refractivity contribution is 0.118. The highest BCUT2D eigenvalue weighted by Gasteiger charge is 2.28. The first kappa shape index (κ1) is 10.3. The van der Waals surface area contributed by atoms with Crippen molar-refractivity contribution in [1.29, 1.82) is 0 Å². The molecule has 2 atom stereocenters. The number of hydrogen-bond donors (Lipinski definition) is 0. The van der Waals surface area contributed by atoms with Crippen LogP contribution in [0.1, 0.15) is 13.8 Å². The third-order valence-corrected chi connectivity index (χ3v) is 1.23. The second-order valence-corrected chi connectivity index (χ2v) is 2.36. The highest BCUT2D eigenvalue weighted by molar-refractivity contribution is 6.25. The molecule has 1 heterocycles. The van der Waals surface area contributed by atoms with Crippen LogP contribution >= 0.6 is 11.6 Å². The van der Waals surface area contributed by atoms with Gasteiger partial charge in [0, 0.05) is 0 Å². The number of carbonyl (C=O) groups excluding carboxylic acids is 1. The fourth-order valence-corrected chi connectivity index (χ4v) is 0.523. The molecular weight excluding hydrogens is 168 g/mol. The minimum Gasteiger partial charge on any atom is -0.427 e. The van der Waals surface area contributed by atoms with E-state index < -0.39 is 6.16 Å². The summed E-state index contributed by atoms with van der Waals surface area (Å²) in [6.07, 6.45) is -0.713. The Morgan fingerprint density at radius 3 is 1.82 bits per heavy atom. The van der Waals surface area contributed by atoms with Gasteiger partial charge in [0.25, 0.3) is 0 Å². The summed E-state index contributed by atoms with van der Waals surface area (Å²) in [7, 11) is 0. The topological polar surface area (TPSA) is 35.5 Å². The number of hydrogen-bond acceptors (Lipinski definition) is 3. The van der Waals surface area contributed by atoms with Crippen molar-refractivity contribution in [2.45, 2.75) is 26.1 Å². The molecule has 0 unspecified atom stereocenters. The summed E-state index contributed by atoms with van der Waals surface area (Å²) >= 11 is 4.76. The Kier molecular flexibility index (Phi) is 4.70. The molecule has 1 fully saturated rings. The van der Waals surface area contributed by atoms with Crippen molar-refractivity contribution >= 4 is 17.8 Å². The molecule has 0 bridgehead atoms. The van der Waals surface area contributed by atoms with E-state index in [9.17, 15) is 4.79 Å². The molecule has 0 amide bonds. The standard InChI is InChI=1S/C5H8O3.C2H3Cl/c1-3-4(2)8-5(6)7-3;1-2-3/h3-4H,1-2H3;2H,1H2/t3-,4-;/m1./s1. The summed E-state index contributed by atoms with van der Waals surface area (Å²) in [5.41, 5.74) is 1.22. The van der Waals surface area contributed by atoms with Gasteiger partial charge in [0.2, 0.25) is 0 Å². The zero-order valence-corrected chi connectivity index (χ0v) is 7.30. The second-order valence-electron chi connectivity index (χ2n) is 2.05. The van der Waals surface area contributed by atoms with Gasteiger partial charge >= 0.3 is 6.16 Å². The first-order valence-corrected chi connectivity index (χ1v) is 3.63. The largest absolute Gasteiger partial charge is 0.509 e. The van der Waals surface area contributed by atoms with E-state index in [1.165, 1.54) is 5.54 Å². The highest BCUT2D eigenvalue weighted by Crippen LogP contribution is 2.12. The Hall–Kier alpha value is -0.700. The van der Waals surface area contributed by atoms with E-state index in [0.29, 0.717) is 0 Å². The Labute approximate surface area is 70.9 Å². The average molecular weight is 179 g/mol. The number of carbonyl (C=O) groups is 1. The average Bonchev–Trinajstić information content (AvgIpc) is 2.12. The molecular formula is C7H11ClO3. The zero-order chi connectivity index (χ0) is 8.85. The van der Waals surface area contributed by atoms with Crippen molar-refractivity contribution in [3.8, 4) is 0 Å². The van der Waals surface area contributed by atoms with Gasteiger partial charge < -0.3 is 9.47 Å². The van der Waals surface area contributed by atoms with Crippen LogP contribution in [0.2, 0.25) is 0 Å². The third kappa shape index (κ3) is 3.88. The molecule has 0 saturated carbocycles. The lowest BCUT2D eigenvalue weighted by Crippen LogP contribution is -2.13. The fraction of sp³-hybridized carbons (Fsp3) is 0.571. The van der Waals surface area contributed by atoms with Gasteiger partial charge in [0.15, 0.2) is 0 Å². The maximum Gasteiger partial charge on any atom is 0.509 e. The first-order valence-electron chi connectivity index (χ1n) is 3.20. The molecule has 0 aromatic carbocycles. The Morgan fingerprint density at radius 1 is 1.45 bits per heavy atom. The van der Waals surface area contributed by atoms with E-state index in [-0.39, 0.29) is 12.2 Å². The highest BCUT2D eigenvalue weighted by atomic mass is 35.5. The van der Waals surface area contributed by atoms with Gasteiger partial charge in [-0.15, -0.1) is 0 Å². The van der Waals surface area contributed by atoms with Gasteiger partial charge in [-0.1, -0.05) is 18.2 Å². The minimum absolute atomic E-state index is 0.0810. The molecule has 1 rings (SSSR count). The zero-order valence-electron chi connectivity index (χ0n) is 6.54. The lowest BCUT2D eigenvalue weighted by Gasteiger charge is -2.00. The van der Waals surface area contributed by atoms with Gasteiger partial charge in [0.05, 0.1) is 0 Å². The quantitative estimate of drug-likeness (QED) is 0.534. The number of ether oxygens (including phenoxy) is 2. The number of cyclic esters (lactones) is 2. The van der Waals surface area contributed by atoms with E-state index in [0.717, 1.165) is 0 Å². The fourth-order valence-electron chi connectivity index (χ4n) is 0.523. The van der Waals surface area contributed by atoms with Crippen molar-refractivity contribution in [3.63, 3.8) is 0 Å². The Balaban J connectivity index is 0.000000292. The molecule has 1 aliphatic rings. The van der Waals surface area contributed by atoms with Crippen LogP contribution in [0.15, 0.2) is 12.1 Å². The van der Waals surface area contributed by atoms with Crippen molar-refractivity contribution < 1.29 is 14.3 Å². The van der Waals surface area contributed by atoms with Crippen LogP contribution in [-0.2, 0) is 9.47 Å². The summed E-state index contributed by atoms with van der Waals surface area (Å²) in [6.45, 7) is 6.73. The summed E-state index contributed by atoms with van der Waals surface area (Å²) in [5.74, 6) is 0. The van der Waals surface area contributed by atoms with E-state index in [4.69, 9.17) is 11.6 Å². The second kappa shape index (κ2) is 5.02. The summed E-state index contributed by atoms with van der Waals surface area (Å²) in [4.78, 5) is 10.2. The molecule has 0 N–H and O–H groups in total. The molecule has 0 aromatic rings. The van der Waals surface area contributed by atoms with Crippen LogP contribution in [-0.4, -0.2) is 18.4 Å². The minimum atomic E-state index is -0.551. The van der Waals surface area contributed by atoms with Gasteiger partial charge in [-0.25, -0.2) is 4.79 Å². The molecule has 1 aliphatic heterocycles. The molecule has 1 saturated heterocycles. The number of rotatable bonds is 0. The van der Waals surface area contributed by atoms with Gasteiger partial charge in [-0.3, -0.25) is 0 Å². The first-order chi connectivity index (χ1) is 5.11. The summed E-state index contributed by atoms with van der Waals surface area (Å²) in [6, 6.07) is 0. The van der Waals surface area contributed by atoms with Gasteiger partial charge in [-0.05, 0) is 19.4 Å². The van der Waals surface area contributed by atoms with Crippen molar-refractivity contribution in [1.82, 2.24) is 0 Å². The normalized spacial score (nSPS) is 27.7. The molecule has 0 radical (unpaired) electrons. The van der Waals surface area contributed by atoms with Gasteiger partial charge in [-0.2, -0.15) is 0 Å². The van der Waals surface area contributed by atoms with Crippen LogP contribution in [0.25, 0.3) is 0 Å². The van der Waals surface area contributed by atoms with E-state index >= 15 is 0 Å². The molecule has 11 heavy (non-hydrogen) atoms. The van der Waals surface area contributed by atoms with Crippen LogP contribution in [0.3, 0.4) is 0 Å². The maximum atomic E-state index is 10.2. The summed E-state index contributed by atoms with van der Waals surface area (Å²) in [5, 5.41) is 0. The lowest BCUT2D eigenvalue weighted by atomic mass is 10.3. The molecule has 4 heteroatoms. The predicted molar refractivity (Wildman–Crippen MR) is 42.5 cm³/mol. The van der Waals surface area contributed by atoms with Crippen molar-refractivity contribution in [3.05, 3.63) is 12.1 Å². The molecule has 3 nitrogen and oxygen atoms in total. The maximum absolute atomic E-state index is 10.2. The van der Waals surface area contributed by atoms with E-state index in [2.05, 4.69) is 16.1 Å². The number of halogens is 1. The van der Waals surface area contributed by atoms with E-state index in [1.54, 1.807) is 13.8 Å². The molecule has 64 valence electrons. The van der Waals surface area contributed by atoms with Crippen LogP contribution < -0.4 is 0 Å². The van der Waals surface area contributed by atoms with Gasteiger partial charge in [0.1, 0.15) is 12.2 Å². The van der Waals surface area contributed by atoms with Crippen molar-refractivity contribution in [2.24, 2.45) is 0 Å². The summed E-state index contributed by atoms with van der Waals surface area (Å²) < 4.78 is 9.22. The van der Waals surface area contributed by atoms with Crippen molar-refractivity contribution in [2.75, 3.05) is 0 Å². The van der Waals surface area contributed by atoms with Crippen LogP contribution in [0.5, 0.6) is 0 Å². The van der Waals surface area contributed by atoms with Crippen LogP contribution in [0, 0.1) is 0 Å². The SMILES string of the molecule is C=CCl.C[C@H]1OC(=O)O[C@@H]1C.